The van der Waals surface area contributed by atoms with Gasteiger partial charge in [0.25, 0.3) is 0 Å². The molecule has 0 aliphatic carbocycles. The summed E-state index contributed by atoms with van der Waals surface area (Å²) in [5, 5.41) is 20.4. The zero-order chi connectivity index (χ0) is 17.7. The molecule has 6 nitrogen and oxygen atoms in total. The summed E-state index contributed by atoms with van der Waals surface area (Å²) in [5.74, 6) is 0.522. The highest BCUT2D eigenvalue weighted by atomic mass is 32.1. The first-order valence-corrected chi connectivity index (χ1v) is 8.41. The van der Waals surface area contributed by atoms with E-state index in [1.165, 1.54) is 0 Å². The van der Waals surface area contributed by atoms with Crippen molar-refractivity contribution in [2.24, 2.45) is 0 Å². The Labute approximate surface area is 147 Å². The fourth-order valence-corrected chi connectivity index (χ4v) is 2.55. The van der Waals surface area contributed by atoms with Crippen molar-refractivity contribution in [3.05, 3.63) is 29.8 Å². The molecule has 1 saturated heterocycles. The maximum atomic E-state index is 10.3. The zero-order valence-corrected chi connectivity index (χ0v) is 14.9. The van der Waals surface area contributed by atoms with E-state index in [1.807, 2.05) is 26.0 Å². The molecule has 7 heteroatoms. The number of hydrogen-bond acceptors (Lipinski definition) is 7. The zero-order valence-electron chi connectivity index (χ0n) is 14.0. The third kappa shape index (κ3) is 4.87. The van der Waals surface area contributed by atoms with Crippen LogP contribution in [0, 0.1) is 6.92 Å². The average molecular weight is 356 g/mol. The van der Waals surface area contributed by atoms with E-state index in [9.17, 15) is 10.2 Å². The molecule has 0 amide bonds. The largest absolute Gasteiger partial charge is 0.447 e. The number of hydrogen-bond donors (Lipinski definition) is 2. The van der Waals surface area contributed by atoms with Crippen LogP contribution < -0.4 is 4.74 Å². The third-order valence-corrected chi connectivity index (χ3v) is 3.90. The number of aliphatic hydroxyl groups excluding tert-OH is 2. The van der Waals surface area contributed by atoms with E-state index in [4.69, 9.17) is 31.2 Å². The van der Waals surface area contributed by atoms with Gasteiger partial charge < -0.3 is 29.2 Å². The Morgan fingerprint density at radius 2 is 1.88 bits per heavy atom. The molecular weight excluding hydrogens is 332 g/mol. The molecule has 1 aromatic carbocycles. The summed E-state index contributed by atoms with van der Waals surface area (Å²) in [6.45, 7) is 6.03. The van der Waals surface area contributed by atoms with Crippen molar-refractivity contribution in [2.75, 3.05) is 6.61 Å². The normalized spacial score (nSPS) is 30.0. The van der Waals surface area contributed by atoms with Crippen LogP contribution in [0.4, 0.5) is 0 Å². The molecule has 0 aromatic heterocycles. The minimum atomic E-state index is -1.18. The van der Waals surface area contributed by atoms with E-state index in [1.54, 1.807) is 19.1 Å². The lowest BCUT2D eigenvalue weighted by Gasteiger charge is -2.40. The van der Waals surface area contributed by atoms with Gasteiger partial charge in [0.05, 0.1) is 6.10 Å². The molecule has 134 valence electrons. The summed E-state index contributed by atoms with van der Waals surface area (Å²) in [7, 11) is 0. The molecule has 2 N–H and O–H groups in total. The van der Waals surface area contributed by atoms with Crippen LogP contribution in [0.3, 0.4) is 0 Å². The Morgan fingerprint density at radius 1 is 1.21 bits per heavy atom. The molecule has 1 aliphatic heterocycles. The summed E-state index contributed by atoms with van der Waals surface area (Å²) in [5.41, 5.74) is 1.09. The first-order chi connectivity index (χ1) is 11.4. The van der Waals surface area contributed by atoms with Crippen LogP contribution in [0.2, 0.25) is 0 Å². The topological polar surface area (TPSA) is 77.4 Å². The van der Waals surface area contributed by atoms with Crippen molar-refractivity contribution in [3.63, 3.8) is 0 Å². The second kappa shape index (κ2) is 8.73. The number of aliphatic hydroxyl groups is 2. The van der Waals surface area contributed by atoms with Crippen molar-refractivity contribution < 1.29 is 29.2 Å². The first-order valence-electron chi connectivity index (χ1n) is 8.00. The van der Waals surface area contributed by atoms with Gasteiger partial charge in [0.1, 0.15) is 18.0 Å². The van der Waals surface area contributed by atoms with Crippen LogP contribution >= 0.6 is 12.2 Å². The first kappa shape index (κ1) is 19.1. The van der Waals surface area contributed by atoms with E-state index in [-0.39, 0.29) is 5.24 Å². The minimum absolute atomic E-state index is 0.176. The Bertz CT molecular complexity index is 534. The van der Waals surface area contributed by atoms with Gasteiger partial charge in [-0.2, -0.15) is 0 Å². The second-order valence-electron chi connectivity index (χ2n) is 5.81. The highest BCUT2D eigenvalue weighted by molar-refractivity contribution is 7.79. The highest BCUT2D eigenvalue weighted by Gasteiger charge is 2.45. The van der Waals surface area contributed by atoms with Crippen LogP contribution in [-0.4, -0.2) is 52.8 Å². The number of rotatable bonds is 5. The van der Waals surface area contributed by atoms with E-state index in [2.05, 4.69) is 0 Å². The predicted molar refractivity (Wildman–Crippen MR) is 91.9 cm³/mol. The van der Waals surface area contributed by atoms with E-state index in [0.29, 0.717) is 12.4 Å². The fourth-order valence-electron chi connectivity index (χ4n) is 2.35. The molecule has 1 aromatic rings. The van der Waals surface area contributed by atoms with Gasteiger partial charge in [-0.25, -0.2) is 0 Å². The molecule has 0 bridgehead atoms. The van der Waals surface area contributed by atoms with Crippen molar-refractivity contribution in [3.8, 4) is 5.75 Å². The second-order valence-corrected chi connectivity index (χ2v) is 6.14. The van der Waals surface area contributed by atoms with Gasteiger partial charge in [-0.05, 0) is 32.4 Å². The number of aryl methyl sites for hydroxylation is 1. The quantitative estimate of drug-likeness (QED) is 0.781. The lowest BCUT2D eigenvalue weighted by molar-refractivity contribution is -0.291. The summed E-state index contributed by atoms with van der Waals surface area (Å²) < 4.78 is 21.8. The van der Waals surface area contributed by atoms with Gasteiger partial charge in [-0.3, -0.25) is 0 Å². The molecule has 0 radical (unpaired) electrons. The summed E-state index contributed by atoms with van der Waals surface area (Å²) >= 11 is 5.07. The summed E-state index contributed by atoms with van der Waals surface area (Å²) in [6, 6.07) is 7.29. The minimum Gasteiger partial charge on any atom is -0.447 e. The Kier molecular flexibility index (Phi) is 6.94. The molecular formula is C17H24O6S. The Morgan fingerprint density at radius 3 is 2.50 bits per heavy atom. The number of thiocarbonyl (C=S) groups is 1. The molecule has 0 spiro atoms. The van der Waals surface area contributed by atoms with Gasteiger partial charge in [-0.1, -0.05) is 24.6 Å². The monoisotopic (exact) mass is 356 g/mol. The highest BCUT2D eigenvalue weighted by Crippen LogP contribution is 2.25. The van der Waals surface area contributed by atoms with Gasteiger partial charge in [-0.15, -0.1) is 0 Å². The third-order valence-electron chi connectivity index (χ3n) is 3.72. The summed E-state index contributed by atoms with van der Waals surface area (Å²) in [4.78, 5) is 0. The van der Waals surface area contributed by atoms with Crippen LogP contribution in [0.25, 0.3) is 0 Å². The summed E-state index contributed by atoms with van der Waals surface area (Å²) in [6.07, 6.45) is -3.89. The lowest BCUT2D eigenvalue weighted by Crippen LogP contribution is -2.59. The molecule has 2 rings (SSSR count). The van der Waals surface area contributed by atoms with Gasteiger partial charge >= 0.3 is 5.24 Å². The molecule has 1 aliphatic rings. The number of ether oxygens (including phenoxy) is 4. The smallest absolute Gasteiger partial charge is 0.358 e. The van der Waals surface area contributed by atoms with Crippen LogP contribution in [0.15, 0.2) is 24.3 Å². The maximum Gasteiger partial charge on any atom is 0.358 e. The van der Waals surface area contributed by atoms with Crippen LogP contribution in [0.1, 0.15) is 25.8 Å². The van der Waals surface area contributed by atoms with Crippen LogP contribution in [0.5, 0.6) is 5.75 Å². The molecule has 1 heterocycles. The van der Waals surface area contributed by atoms with E-state index < -0.39 is 30.7 Å². The molecule has 5 atom stereocenters. The van der Waals surface area contributed by atoms with Crippen LogP contribution in [-0.2, 0) is 14.2 Å². The molecule has 1 fully saturated rings. The van der Waals surface area contributed by atoms with E-state index >= 15 is 0 Å². The van der Waals surface area contributed by atoms with Gasteiger partial charge in [0, 0.05) is 18.8 Å². The van der Waals surface area contributed by atoms with Crippen molar-refractivity contribution in [1.29, 1.82) is 0 Å². The van der Waals surface area contributed by atoms with E-state index in [0.717, 1.165) is 12.0 Å². The predicted octanol–water partition coefficient (Wildman–Crippen LogP) is 1.94. The Balaban J connectivity index is 1.99. The maximum absolute atomic E-state index is 10.3. The molecule has 0 unspecified atom stereocenters. The average Bonchev–Trinajstić information content (AvgIpc) is 2.56. The van der Waals surface area contributed by atoms with Gasteiger partial charge in [0.15, 0.2) is 12.4 Å². The standard InChI is InChI=1S/C17H24O6S/c1-4-9-20-16-14(19)15(13(18)11(3)21-16)23-17(24)22-12-7-5-10(2)6-8-12/h5-8,11,13-16,18-19H,4,9H2,1-3H3/t11-,13-,14+,15+,16+/m0/s1. The Hall–Kier alpha value is -1.25. The lowest BCUT2D eigenvalue weighted by atomic mass is 10.00. The molecule has 0 saturated carbocycles. The van der Waals surface area contributed by atoms with Crippen molar-refractivity contribution >= 4 is 17.5 Å². The molecule has 24 heavy (non-hydrogen) atoms. The number of benzene rings is 1. The fraction of sp³-hybridized carbons (Fsp3) is 0.588. The van der Waals surface area contributed by atoms with Gasteiger partial charge in [0.2, 0.25) is 0 Å². The van der Waals surface area contributed by atoms with Crippen molar-refractivity contribution in [1.82, 2.24) is 0 Å². The van der Waals surface area contributed by atoms with Crippen molar-refractivity contribution in [2.45, 2.75) is 57.9 Å². The SMILES string of the molecule is CCCO[C@@H]1O[C@@H](C)[C@H](O)[C@@H](OC(=S)Oc2ccc(C)cc2)[C@H]1O.